The van der Waals surface area contributed by atoms with Crippen molar-refractivity contribution in [2.45, 2.75) is 25.8 Å². The summed E-state index contributed by atoms with van der Waals surface area (Å²) >= 11 is 3.39. The van der Waals surface area contributed by atoms with Crippen LogP contribution in [0.15, 0.2) is 16.6 Å². The first kappa shape index (κ1) is 15.6. The molecule has 1 aromatic rings. The number of nitrogens with two attached hydrogens (primary N) is 1. The highest BCUT2D eigenvalue weighted by Gasteiger charge is 2.17. The molecule has 0 bridgehead atoms. The van der Waals surface area contributed by atoms with Crippen molar-refractivity contribution in [2.75, 3.05) is 7.11 Å². The highest BCUT2D eigenvalue weighted by atomic mass is 79.9. The minimum absolute atomic E-state index is 0. The molecule has 3 N–H and O–H groups in total. The Morgan fingerprint density at radius 1 is 1.50 bits per heavy atom. The van der Waals surface area contributed by atoms with Gasteiger partial charge >= 0.3 is 0 Å². The van der Waals surface area contributed by atoms with E-state index in [0.717, 1.165) is 22.9 Å². The summed E-state index contributed by atoms with van der Waals surface area (Å²) in [6.45, 7) is 2.06. The molecule has 1 rings (SSSR count). The van der Waals surface area contributed by atoms with Crippen LogP contribution in [-0.2, 0) is 0 Å². The fourth-order valence-electron chi connectivity index (χ4n) is 1.54. The van der Waals surface area contributed by atoms with Gasteiger partial charge in [-0.15, -0.1) is 12.4 Å². The van der Waals surface area contributed by atoms with Crippen LogP contribution in [0.5, 0.6) is 11.5 Å². The van der Waals surface area contributed by atoms with Crippen LogP contribution in [0.3, 0.4) is 0 Å². The molecule has 5 heteroatoms. The van der Waals surface area contributed by atoms with Crippen molar-refractivity contribution in [3.8, 4) is 11.5 Å². The summed E-state index contributed by atoms with van der Waals surface area (Å²) in [4.78, 5) is 0. The summed E-state index contributed by atoms with van der Waals surface area (Å²) in [5, 5.41) is 9.93. The smallest absolute Gasteiger partial charge is 0.163 e. The van der Waals surface area contributed by atoms with Gasteiger partial charge in [-0.3, -0.25) is 0 Å². The van der Waals surface area contributed by atoms with Crippen molar-refractivity contribution in [2.24, 2.45) is 5.73 Å². The lowest BCUT2D eigenvalue weighted by Crippen LogP contribution is -2.11. The van der Waals surface area contributed by atoms with Crippen molar-refractivity contribution in [1.29, 1.82) is 0 Å². The van der Waals surface area contributed by atoms with E-state index in [0.29, 0.717) is 5.75 Å². The first-order chi connectivity index (χ1) is 7.11. The first-order valence-electron chi connectivity index (χ1n) is 4.92. The fourth-order valence-corrected chi connectivity index (χ4v) is 2.15. The second-order valence-electron chi connectivity index (χ2n) is 3.41. The Labute approximate surface area is 111 Å². The molecule has 0 unspecified atom stereocenters. The van der Waals surface area contributed by atoms with E-state index in [1.165, 1.54) is 7.11 Å². The van der Waals surface area contributed by atoms with Crippen LogP contribution in [-0.4, -0.2) is 12.2 Å². The van der Waals surface area contributed by atoms with Gasteiger partial charge in [-0.05, 0) is 18.6 Å². The average Bonchev–Trinajstić information content (AvgIpc) is 2.18. The Hall–Kier alpha value is -0.450. The minimum atomic E-state index is -0.167. The number of halogens is 2. The lowest BCUT2D eigenvalue weighted by atomic mass is 10.0. The number of phenolic OH excluding ortho intramolecular Hbond substituents is 1. The van der Waals surface area contributed by atoms with Crippen LogP contribution < -0.4 is 10.5 Å². The summed E-state index contributed by atoms with van der Waals surface area (Å²) in [6, 6.07) is 3.38. The Balaban J connectivity index is 0.00000225. The maximum Gasteiger partial charge on any atom is 0.163 e. The van der Waals surface area contributed by atoms with E-state index in [1.807, 2.05) is 6.07 Å². The van der Waals surface area contributed by atoms with E-state index >= 15 is 0 Å². The molecule has 0 aliphatic carbocycles. The van der Waals surface area contributed by atoms with Crippen LogP contribution in [0.4, 0.5) is 0 Å². The molecule has 0 spiro atoms. The lowest BCUT2D eigenvalue weighted by molar-refractivity contribution is 0.367. The monoisotopic (exact) mass is 309 g/mol. The van der Waals surface area contributed by atoms with Crippen molar-refractivity contribution in [3.63, 3.8) is 0 Å². The van der Waals surface area contributed by atoms with Crippen LogP contribution >= 0.6 is 28.3 Å². The fraction of sp³-hybridized carbons (Fsp3) is 0.455. The molecule has 0 radical (unpaired) electrons. The van der Waals surface area contributed by atoms with Gasteiger partial charge in [0.2, 0.25) is 0 Å². The second-order valence-corrected chi connectivity index (χ2v) is 4.26. The van der Waals surface area contributed by atoms with Crippen LogP contribution in [0, 0.1) is 0 Å². The van der Waals surface area contributed by atoms with Gasteiger partial charge in [0.25, 0.3) is 0 Å². The van der Waals surface area contributed by atoms with Crippen LogP contribution in [0.25, 0.3) is 0 Å². The third-order valence-corrected chi connectivity index (χ3v) is 3.01. The van der Waals surface area contributed by atoms with Gasteiger partial charge in [-0.1, -0.05) is 29.3 Å². The SMILES string of the molecule is CCC[C@@H](N)c1c(Br)ccc(OC)c1O.Cl. The molecule has 1 atom stereocenters. The highest BCUT2D eigenvalue weighted by Crippen LogP contribution is 2.39. The maximum absolute atomic E-state index is 9.93. The predicted octanol–water partition coefficient (Wildman–Crippen LogP) is 3.39. The lowest BCUT2D eigenvalue weighted by Gasteiger charge is -2.16. The zero-order valence-corrected chi connectivity index (χ0v) is 11.8. The van der Waals surface area contributed by atoms with E-state index in [1.54, 1.807) is 6.07 Å². The van der Waals surface area contributed by atoms with Gasteiger partial charge in [-0.25, -0.2) is 0 Å². The number of rotatable bonds is 4. The van der Waals surface area contributed by atoms with Crippen LogP contribution in [0.1, 0.15) is 31.4 Å². The molecule has 0 fully saturated rings. The Morgan fingerprint density at radius 2 is 2.12 bits per heavy atom. The highest BCUT2D eigenvalue weighted by molar-refractivity contribution is 9.10. The van der Waals surface area contributed by atoms with Crippen LogP contribution in [0.2, 0.25) is 0 Å². The molecule has 0 aromatic heterocycles. The molecule has 3 nitrogen and oxygen atoms in total. The van der Waals surface area contributed by atoms with Crippen molar-refractivity contribution in [1.82, 2.24) is 0 Å². The molecular formula is C11H17BrClNO2. The number of methoxy groups -OCH3 is 1. The summed E-state index contributed by atoms with van der Waals surface area (Å²) in [5.41, 5.74) is 6.70. The number of hydrogen-bond acceptors (Lipinski definition) is 3. The zero-order valence-electron chi connectivity index (χ0n) is 9.37. The summed E-state index contributed by atoms with van der Waals surface area (Å²) in [7, 11) is 1.53. The number of hydrogen-bond donors (Lipinski definition) is 2. The molecular weight excluding hydrogens is 293 g/mol. The summed E-state index contributed by atoms with van der Waals surface area (Å²) in [6.07, 6.45) is 1.81. The normalized spacial score (nSPS) is 11.8. The molecule has 0 amide bonds. The van der Waals surface area contributed by atoms with E-state index in [9.17, 15) is 5.11 Å². The molecule has 0 saturated carbocycles. The Kier molecular flexibility index (Phi) is 6.79. The molecule has 0 aliphatic rings. The second kappa shape index (κ2) is 6.99. The van der Waals surface area contributed by atoms with Gasteiger partial charge < -0.3 is 15.6 Å². The van der Waals surface area contributed by atoms with E-state index in [-0.39, 0.29) is 24.2 Å². The molecule has 92 valence electrons. The van der Waals surface area contributed by atoms with Gasteiger partial charge in [0.15, 0.2) is 11.5 Å². The zero-order chi connectivity index (χ0) is 11.4. The Morgan fingerprint density at radius 3 is 2.62 bits per heavy atom. The third-order valence-electron chi connectivity index (χ3n) is 2.32. The largest absolute Gasteiger partial charge is 0.504 e. The molecule has 16 heavy (non-hydrogen) atoms. The topological polar surface area (TPSA) is 55.5 Å². The van der Waals surface area contributed by atoms with Crippen molar-refractivity contribution < 1.29 is 9.84 Å². The van der Waals surface area contributed by atoms with Gasteiger partial charge in [0, 0.05) is 16.1 Å². The van der Waals surface area contributed by atoms with Gasteiger partial charge in [0.1, 0.15) is 0 Å². The molecule has 0 saturated heterocycles. The van der Waals surface area contributed by atoms with E-state index in [2.05, 4.69) is 22.9 Å². The molecule has 0 aliphatic heterocycles. The number of ether oxygens (including phenoxy) is 1. The summed E-state index contributed by atoms with van der Waals surface area (Å²) in [5.74, 6) is 0.590. The quantitative estimate of drug-likeness (QED) is 0.896. The van der Waals surface area contributed by atoms with E-state index in [4.69, 9.17) is 10.5 Å². The Bertz CT molecular complexity index is 347. The van der Waals surface area contributed by atoms with Crippen molar-refractivity contribution in [3.05, 3.63) is 22.2 Å². The van der Waals surface area contributed by atoms with Gasteiger partial charge in [0.05, 0.1) is 7.11 Å². The standard InChI is InChI=1S/C11H16BrNO2.ClH/c1-3-4-8(13)10-7(12)5-6-9(15-2)11(10)14;/h5-6,8,14H,3-4,13H2,1-2H3;1H/t8-;/m1./s1. The summed E-state index contributed by atoms with van der Waals surface area (Å²) < 4.78 is 5.86. The minimum Gasteiger partial charge on any atom is -0.504 e. The number of phenols is 1. The third kappa shape index (κ3) is 3.27. The molecule has 1 aromatic carbocycles. The van der Waals surface area contributed by atoms with E-state index < -0.39 is 0 Å². The van der Waals surface area contributed by atoms with Crippen molar-refractivity contribution >= 4 is 28.3 Å². The number of benzene rings is 1. The molecule has 0 heterocycles. The average molecular weight is 311 g/mol. The predicted molar refractivity (Wildman–Crippen MR) is 71.4 cm³/mol. The number of aromatic hydroxyl groups is 1. The van der Waals surface area contributed by atoms with Gasteiger partial charge in [-0.2, -0.15) is 0 Å². The maximum atomic E-state index is 9.93. The first-order valence-corrected chi connectivity index (χ1v) is 5.72.